The smallest absolute Gasteiger partial charge is 0.354 e. The lowest BCUT2D eigenvalue weighted by Gasteiger charge is -2.15. The van der Waals surface area contributed by atoms with E-state index in [4.69, 9.17) is 16.7 Å². The van der Waals surface area contributed by atoms with E-state index in [9.17, 15) is 4.79 Å². The highest BCUT2D eigenvalue weighted by Gasteiger charge is 2.11. The quantitative estimate of drug-likeness (QED) is 0.697. The molecule has 0 amide bonds. The summed E-state index contributed by atoms with van der Waals surface area (Å²) < 4.78 is 0. The van der Waals surface area contributed by atoms with Gasteiger partial charge in [0, 0.05) is 17.1 Å². The normalized spacial score (nSPS) is 11.0. The molecule has 1 aromatic heterocycles. The van der Waals surface area contributed by atoms with Crippen molar-refractivity contribution in [2.75, 3.05) is 0 Å². The first-order valence-corrected chi connectivity index (χ1v) is 8.87. The molecule has 0 spiro atoms. The van der Waals surface area contributed by atoms with Gasteiger partial charge < -0.3 is 5.11 Å². The molecule has 0 aliphatic heterocycles. The van der Waals surface area contributed by atoms with Crippen LogP contribution in [0, 0.1) is 5.92 Å². The van der Waals surface area contributed by atoms with Crippen molar-refractivity contribution in [1.29, 1.82) is 0 Å². The minimum atomic E-state index is -1.00. The number of carboxylic acids is 1. The van der Waals surface area contributed by atoms with Gasteiger partial charge in [-0.3, -0.25) is 0 Å². The number of aryl methyl sites for hydroxylation is 1. The zero-order chi connectivity index (χ0) is 17.5. The van der Waals surface area contributed by atoms with Gasteiger partial charge in [-0.1, -0.05) is 50.4 Å². The zero-order valence-corrected chi connectivity index (χ0v) is 15.0. The number of carboxylic acid groups (broad SMARTS) is 1. The first-order chi connectivity index (χ1) is 11.5. The molecule has 0 aliphatic carbocycles. The van der Waals surface area contributed by atoms with Crippen molar-refractivity contribution in [1.82, 2.24) is 4.98 Å². The molecular weight excluding hydrogens is 322 g/mol. The fourth-order valence-electron chi connectivity index (χ4n) is 2.95. The molecule has 0 radical (unpaired) electrons. The van der Waals surface area contributed by atoms with E-state index in [0.29, 0.717) is 11.4 Å². The molecule has 0 unspecified atom stereocenters. The second-order valence-corrected chi connectivity index (χ2v) is 6.57. The van der Waals surface area contributed by atoms with Crippen LogP contribution in [0.5, 0.6) is 0 Å². The topological polar surface area (TPSA) is 50.2 Å². The van der Waals surface area contributed by atoms with Crippen LogP contribution in [0.1, 0.15) is 60.4 Å². The molecule has 0 aliphatic rings. The molecule has 0 saturated carbocycles. The van der Waals surface area contributed by atoms with Crippen LogP contribution >= 0.6 is 11.6 Å². The largest absolute Gasteiger partial charge is 0.477 e. The van der Waals surface area contributed by atoms with E-state index in [-0.39, 0.29) is 5.69 Å². The average Bonchev–Trinajstić information content (AvgIpc) is 2.57. The van der Waals surface area contributed by atoms with Gasteiger partial charge in [-0.2, -0.15) is 0 Å². The van der Waals surface area contributed by atoms with Gasteiger partial charge in [0.05, 0.1) is 0 Å². The monoisotopic (exact) mass is 345 g/mol. The maximum Gasteiger partial charge on any atom is 0.354 e. The molecule has 1 heterocycles. The molecule has 0 atom stereocenters. The number of hydrogen-bond donors (Lipinski definition) is 1. The molecule has 128 valence electrons. The number of pyridine rings is 1. The predicted molar refractivity (Wildman–Crippen MR) is 97.8 cm³/mol. The third-order valence-corrected chi connectivity index (χ3v) is 4.78. The highest BCUT2D eigenvalue weighted by molar-refractivity contribution is 6.30. The number of aromatic carboxylic acids is 1. The third kappa shape index (κ3) is 5.07. The summed E-state index contributed by atoms with van der Waals surface area (Å²) in [6, 6.07) is 11.1. The summed E-state index contributed by atoms with van der Waals surface area (Å²) in [5.41, 5.74) is 3.23. The van der Waals surface area contributed by atoms with Gasteiger partial charge in [0.2, 0.25) is 0 Å². The van der Waals surface area contributed by atoms with E-state index in [2.05, 4.69) is 24.9 Å². The fraction of sp³-hybridized carbons (Fsp3) is 0.400. The molecule has 1 aromatic carbocycles. The van der Waals surface area contributed by atoms with Crippen molar-refractivity contribution in [3.8, 4) is 0 Å². The Kier molecular flexibility index (Phi) is 6.80. The van der Waals surface area contributed by atoms with E-state index in [1.807, 2.05) is 18.2 Å². The number of halogens is 1. The van der Waals surface area contributed by atoms with Gasteiger partial charge in [-0.05, 0) is 54.2 Å². The number of carbonyl (C=O) groups is 1. The van der Waals surface area contributed by atoms with Crippen LogP contribution in [-0.2, 0) is 12.8 Å². The van der Waals surface area contributed by atoms with E-state index in [0.717, 1.165) is 30.0 Å². The highest BCUT2D eigenvalue weighted by Crippen LogP contribution is 2.23. The van der Waals surface area contributed by atoms with Crippen molar-refractivity contribution in [2.24, 2.45) is 5.92 Å². The molecule has 1 N–H and O–H groups in total. The van der Waals surface area contributed by atoms with E-state index in [1.165, 1.54) is 24.5 Å². The molecule has 0 fully saturated rings. The number of nitrogens with zero attached hydrogens (tertiary/aromatic N) is 1. The Bertz CT molecular complexity index is 696. The summed E-state index contributed by atoms with van der Waals surface area (Å²) in [5, 5.41) is 9.79. The number of aromatic nitrogens is 1. The summed E-state index contributed by atoms with van der Waals surface area (Å²) in [5.74, 6) is -0.265. The average molecular weight is 346 g/mol. The van der Waals surface area contributed by atoms with Crippen LogP contribution in [0.15, 0.2) is 36.4 Å². The SMILES string of the molecule is CCC(CC)CCc1ccc(Cl)cc1Cc1cccc(C(=O)O)n1. The third-order valence-electron chi connectivity index (χ3n) is 4.54. The summed E-state index contributed by atoms with van der Waals surface area (Å²) in [6.07, 6.45) is 5.16. The van der Waals surface area contributed by atoms with Crippen molar-refractivity contribution < 1.29 is 9.90 Å². The van der Waals surface area contributed by atoms with Crippen molar-refractivity contribution in [2.45, 2.75) is 46.0 Å². The predicted octanol–water partition coefficient (Wildman–Crippen LogP) is 5.39. The van der Waals surface area contributed by atoms with Gasteiger partial charge >= 0.3 is 5.97 Å². The van der Waals surface area contributed by atoms with Crippen LogP contribution in [0.2, 0.25) is 5.02 Å². The molecular formula is C20H24ClNO2. The van der Waals surface area contributed by atoms with Gasteiger partial charge in [0.1, 0.15) is 5.69 Å². The van der Waals surface area contributed by atoms with Crippen LogP contribution in [-0.4, -0.2) is 16.1 Å². The van der Waals surface area contributed by atoms with Crippen LogP contribution in [0.4, 0.5) is 0 Å². The standard InChI is InChI=1S/C20H24ClNO2/c1-3-14(4-2)8-9-15-10-11-17(21)12-16(15)13-18-6-5-7-19(22-18)20(23)24/h5-7,10-12,14H,3-4,8-9,13H2,1-2H3,(H,23,24). The fourth-order valence-corrected chi connectivity index (χ4v) is 3.15. The summed E-state index contributed by atoms with van der Waals surface area (Å²) in [4.78, 5) is 15.3. The maximum atomic E-state index is 11.1. The Labute approximate surface area is 148 Å². The van der Waals surface area contributed by atoms with Crippen LogP contribution < -0.4 is 0 Å². The number of rotatable bonds is 8. The van der Waals surface area contributed by atoms with E-state index < -0.39 is 5.97 Å². The van der Waals surface area contributed by atoms with Gasteiger partial charge in [0.15, 0.2) is 0 Å². The lowest BCUT2D eigenvalue weighted by atomic mass is 9.92. The van der Waals surface area contributed by atoms with Crippen molar-refractivity contribution in [3.05, 3.63) is 63.9 Å². The number of hydrogen-bond acceptors (Lipinski definition) is 2. The van der Waals surface area contributed by atoms with Gasteiger partial charge in [0.25, 0.3) is 0 Å². The minimum Gasteiger partial charge on any atom is -0.477 e. The Morgan fingerprint density at radius 1 is 1.17 bits per heavy atom. The van der Waals surface area contributed by atoms with Crippen LogP contribution in [0.3, 0.4) is 0 Å². The molecule has 24 heavy (non-hydrogen) atoms. The molecule has 3 nitrogen and oxygen atoms in total. The first-order valence-electron chi connectivity index (χ1n) is 8.50. The minimum absolute atomic E-state index is 0.0770. The van der Waals surface area contributed by atoms with E-state index in [1.54, 1.807) is 6.07 Å². The molecule has 0 saturated heterocycles. The van der Waals surface area contributed by atoms with Crippen molar-refractivity contribution >= 4 is 17.6 Å². The van der Waals surface area contributed by atoms with Gasteiger partial charge in [-0.15, -0.1) is 0 Å². The summed E-state index contributed by atoms with van der Waals surface area (Å²) >= 11 is 6.17. The maximum absolute atomic E-state index is 11.1. The summed E-state index contributed by atoms with van der Waals surface area (Å²) in [6.45, 7) is 4.47. The second kappa shape index (κ2) is 8.84. The zero-order valence-electron chi connectivity index (χ0n) is 14.3. The van der Waals surface area contributed by atoms with Crippen LogP contribution in [0.25, 0.3) is 0 Å². The summed E-state index contributed by atoms with van der Waals surface area (Å²) in [7, 11) is 0. The number of benzene rings is 1. The molecule has 2 aromatic rings. The molecule has 0 bridgehead atoms. The Morgan fingerprint density at radius 3 is 2.58 bits per heavy atom. The lowest BCUT2D eigenvalue weighted by Crippen LogP contribution is -2.05. The highest BCUT2D eigenvalue weighted by atomic mass is 35.5. The Hall–Kier alpha value is -1.87. The molecule has 4 heteroatoms. The Balaban J connectivity index is 2.21. The van der Waals surface area contributed by atoms with Gasteiger partial charge in [-0.25, -0.2) is 9.78 Å². The first kappa shape index (κ1) is 18.5. The van der Waals surface area contributed by atoms with E-state index >= 15 is 0 Å². The second-order valence-electron chi connectivity index (χ2n) is 6.13. The lowest BCUT2D eigenvalue weighted by molar-refractivity contribution is 0.0690. The van der Waals surface area contributed by atoms with Crippen molar-refractivity contribution in [3.63, 3.8) is 0 Å². The Morgan fingerprint density at radius 2 is 1.92 bits per heavy atom. The molecule has 2 rings (SSSR count).